The van der Waals surface area contributed by atoms with Crippen molar-refractivity contribution in [1.29, 1.82) is 0 Å². The molecule has 0 saturated carbocycles. The molecule has 1 aromatic carbocycles. The summed E-state index contributed by atoms with van der Waals surface area (Å²) < 4.78 is 5.16. The lowest BCUT2D eigenvalue weighted by atomic mass is 10.1. The van der Waals surface area contributed by atoms with E-state index >= 15 is 0 Å². The third kappa shape index (κ3) is 2.98. The second kappa shape index (κ2) is 6.11. The van der Waals surface area contributed by atoms with E-state index in [1.54, 1.807) is 13.4 Å². The molecule has 0 fully saturated rings. The maximum absolute atomic E-state index is 10.3. The van der Waals surface area contributed by atoms with E-state index in [0.717, 1.165) is 21.9 Å². The van der Waals surface area contributed by atoms with Gasteiger partial charge in [0.1, 0.15) is 22.6 Å². The highest BCUT2D eigenvalue weighted by atomic mass is 32.2. The summed E-state index contributed by atoms with van der Waals surface area (Å²) >= 11 is 1.46. The highest BCUT2D eigenvalue weighted by molar-refractivity contribution is 7.99. The van der Waals surface area contributed by atoms with Crippen molar-refractivity contribution in [2.45, 2.75) is 11.1 Å². The second-order valence-electron chi connectivity index (χ2n) is 4.38. The second-order valence-corrected chi connectivity index (χ2v) is 5.39. The number of aromatic amines is 1. The summed E-state index contributed by atoms with van der Waals surface area (Å²) in [7, 11) is 1.61. The summed E-state index contributed by atoms with van der Waals surface area (Å²) in [6, 6.07) is 7.41. The predicted molar refractivity (Wildman–Crippen MR) is 80.4 cm³/mol. The first-order valence-electron chi connectivity index (χ1n) is 6.37. The van der Waals surface area contributed by atoms with Crippen molar-refractivity contribution in [2.75, 3.05) is 12.9 Å². The van der Waals surface area contributed by atoms with E-state index in [1.165, 1.54) is 18.1 Å². The largest absolute Gasteiger partial charge is 0.497 e. The van der Waals surface area contributed by atoms with Crippen LogP contribution in [0.4, 0.5) is 0 Å². The number of benzene rings is 1. The zero-order chi connectivity index (χ0) is 14.7. The minimum atomic E-state index is -0.599. The maximum Gasteiger partial charge on any atom is 0.181 e. The van der Waals surface area contributed by atoms with Gasteiger partial charge in [0.15, 0.2) is 5.65 Å². The number of aliphatic hydroxyl groups is 1. The Balaban J connectivity index is 1.73. The average Bonchev–Trinajstić information content (AvgIpc) is 3.01. The molecular weight excluding hydrogens is 288 g/mol. The quantitative estimate of drug-likeness (QED) is 0.555. The van der Waals surface area contributed by atoms with Gasteiger partial charge in [0, 0.05) is 5.75 Å². The molecule has 0 radical (unpaired) electrons. The third-order valence-electron chi connectivity index (χ3n) is 3.04. The monoisotopic (exact) mass is 302 g/mol. The van der Waals surface area contributed by atoms with Gasteiger partial charge in [-0.3, -0.25) is 0 Å². The topological polar surface area (TPSA) is 83.9 Å². The van der Waals surface area contributed by atoms with Gasteiger partial charge in [-0.1, -0.05) is 12.1 Å². The van der Waals surface area contributed by atoms with Crippen molar-refractivity contribution in [3.8, 4) is 5.75 Å². The Morgan fingerprint density at radius 2 is 2.24 bits per heavy atom. The van der Waals surface area contributed by atoms with Gasteiger partial charge in [0.25, 0.3) is 0 Å². The van der Waals surface area contributed by atoms with Crippen molar-refractivity contribution in [2.24, 2.45) is 0 Å². The lowest BCUT2D eigenvalue weighted by Gasteiger charge is -2.11. The predicted octanol–water partition coefficient (Wildman–Crippen LogP) is 2.19. The van der Waals surface area contributed by atoms with Crippen LogP contribution in [0.2, 0.25) is 0 Å². The molecule has 21 heavy (non-hydrogen) atoms. The standard InChI is InChI=1S/C14H14N4O2S/c1-20-10-4-2-3-9(5-10)11(19)6-21-14-12-13(16-7-15-12)17-8-18-14/h2-5,7-8,11,19H,6H2,1H3,(H,15,16,17,18). The summed E-state index contributed by atoms with van der Waals surface area (Å²) in [5.41, 5.74) is 2.24. The van der Waals surface area contributed by atoms with Crippen molar-refractivity contribution in [3.05, 3.63) is 42.5 Å². The first-order chi connectivity index (χ1) is 10.3. The van der Waals surface area contributed by atoms with E-state index in [1.807, 2.05) is 24.3 Å². The lowest BCUT2D eigenvalue weighted by Crippen LogP contribution is -2.01. The molecule has 0 aliphatic rings. The Hall–Kier alpha value is -2.12. The fourth-order valence-corrected chi connectivity index (χ4v) is 2.88. The molecule has 1 unspecified atom stereocenters. The molecule has 2 aromatic heterocycles. The van der Waals surface area contributed by atoms with Crippen LogP contribution in [0.5, 0.6) is 5.75 Å². The number of methoxy groups -OCH3 is 1. The summed E-state index contributed by atoms with van der Waals surface area (Å²) in [5, 5.41) is 11.1. The number of imidazole rings is 1. The number of rotatable bonds is 5. The van der Waals surface area contributed by atoms with Gasteiger partial charge in [-0.2, -0.15) is 0 Å². The molecule has 2 heterocycles. The van der Waals surface area contributed by atoms with Crippen LogP contribution in [0, 0.1) is 0 Å². The summed E-state index contributed by atoms with van der Waals surface area (Å²) in [6.07, 6.45) is 2.46. The van der Waals surface area contributed by atoms with Crippen LogP contribution in [-0.2, 0) is 0 Å². The smallest absolute Gasteiger partial charge is 0.181 e. The summed E-state index contributed by atoms with van der Waals surface area (Å²) in [6.45, 7) is 0. The highest BCUT2D eigenvalue weighted by Crippen LogP contribution is 2.28. The van der Waals surface area contributed by atoms with Crippen LogP contribution < -0.4 is 4.74 Å². The number of fused-ring (bicyclic) bond motifs is 1. The molecule has 7 heteroatoms. The molecule has 3 aromatic rings. The number of hydrogen-bond acceptors (Lipinski definition) is 6. The number of nitrogens with one attached hydrogen (secondary N) is 1. The van der Waals surface area contributed by atoms with Crippen molar-refractivity contribution >= 4 is 22.9 Å². The maximum atomic E-state index is 10.3. The molecule has 0 amide bonds. The first-order valence-corrected chi connectivity index (χ1v) is 7.35. The number of H-pyrrole nitrogens is 1. The molecule has 3 rings (SSSR count). The van der Waals surface area contributed by atoms with Crippen molar-refractivity contribution < 1.29 is 9.84 Å². The van der Waals surface area contributed by atoms with Gasteiger partial charge < -0.3 is 14.8 Å². The fourth-order valence-electron chi connectivity index (χ4n) is 1.96. The molecule has 0 aliphatic heterocycles. The van der Waals surface area contributed by atoms with Crippen molar-refractivity contribution in [1.82, 2.24) is 19.9 Å². The van der Waals surface area contributed by atoms with Gasteiger partial charge in [0.05, 0.1) is 19.5 Å². The fraction of sp³-hybridized carbons (Fsp3) is 0.214. The van der Waals surface area contributed by atoms with Crippen LogP contribution in [0.1, 0.15) is 11.7 Å². The Bertz CT molecular complexity index is 746. The minimum absolute atomic E-state index is 0.484. The van der Waals surface area contributed by atoms with Crippen LogP contribution in [0.15, 0.2) is 41.9 Å². The van der Waals surface area contributed by atoms with E-state index in [-0.39, 0.29) is 0 Å². The Kier molecular flexibility index (Phi) is 4.03. The average molecular weight is 302 g/mol. The molecule has 2 N–H and O–H groups in total. The number of thioether (sulfide) groups is 1. The third-order valence-corrected chi connectivity index (χ3v) is 4.11. The Morgan fingerprint density at radius 1 is 1.33 bits per heavy atom. The lowest BCUT2D eigenvalue weighted by molar-refractivity contribution is 0.203. The van der Waals surface area contributed by atoms with E-state index in [4.69, 9.17) is 4.74 Å². The van der Waals surface area contributed by atoms with Crippen molar-refractivity contribution in [3.63, 3.8) is 0 Å². The SMILES string of the molecule is COc1cccc(C(O)CSc2ncnc3nc[nH]c23)c1. The van der Waals surface area contributed by atoms with Crippen LogP contribution in [0.3, 0.4) is 0 Å². The molecule has 1 atom stereocenters. The van der Waals surface area contributed by atoms with Gasteiger partial charge in [-0.25, -0.2) is 15.0 Å². The zero-order valence-electron chi connectivity index (χ0n) is 11.4. The number of ether oxygens (including phenoxy) is 1. The number of hydrogen-bond donors (Lipinski definition) is 2. The highest BCUT2D eigenvalue weighted by Gasteiger charge is 2.12. The molecule has 108 valence electrons. The van der Waals surface area contributed by atoms with Gasteiger partial charge >= 0.3 is 0 Å². The summed E-state index contributed by atoms with van der Waals surface area (Å²) in [5.74, 6) is 1.22. The van der Waals surface area contributed by atoms with Gasteiger partial charge in [0.2, 0.25) is 0 Å². The van der Waals surface area contributed by atoms with Gasteiger partial charge in [-0.15, -0.1) is 11.8 Å². The molecule has 0 aliphatic carbocycles. The van der Waals surface area contributed by atoms with Crippen LogP contribution in [0.25, 0.3) is 11.2 Å². The van der Waals surface area contributed by atoms with E-state index < -0.39 is 6.10 Å². The van der Waals surface area contributed by atoms with Crippen LogP contribution in [-0.4, -0.2) is 37.9 Å². The molecule has 0 bridgehead atoms. The van der Waals surface area contributed by atoms with E-state index in [0.29, 0.717) is 11.4 Å². The molecule has 0 spiro atoms. The van der Waals surface area contributed by atoms with Crippen LogP contribution >= 0.6 is 11.8 Å². The molecule has 0 saturated heterocycles. The Morgan fingerprint density at radius 3 is 3.10 bits per heavy atom. The van der Waals surface area contributed by atoms with E-state index in [2.05, 4.69) is 19.9 Å². The summed E-state index contributed by atoms with van der Waals surface area (Å²) in [4.78, 5) is 15.4. The molecule has 6 nitrogen and oxygen atoms in total. The number of aromatic nitrogens is 4. The minimum Gasteiger partial charge on any atom is -0.497 e. The normalized spacial score (nSPS) is 12.5. The first kappa shape index (κ1) is 13.8. The molecular formula is C14H14N4O2S. The van der Waals surface area contributed by atoms with Gasteiger partial charge in [-0.05, 0) is 17.7 Å². The Labute approximate surface area is 125 Å². The zero-order valence-corrected chi connectivity index (χ0v) is 12.2. The number of aliphatic hydroxyl groups excluding tert-OH is 1. The number of nitrogens with zero attached hydrogens (tertiary/aromatic N) is 3. The van der Waals surface area contributed by atoms with E-state index in [9.17, 15) is 5.11 Å².